The number of aryl methyl sites for hydroxylation is 2. The fourth-order valence-corrected chi connectivity index (χ4v) is 9.66. The van der Waals surface area contributed by atoms with Crippen molar-refractivity contribution in [1.82, 2.24) is 24.8 Å². The van der Waals surface area contributed by atoms with E-state index >= 15 is 0 Å². The molecule has 2 heterocycles. The second kappa shape index (κ2) is 21.6. The van der Waals surface area contributed by atoms with Gasteiger partial charge in [-0.1, -0.05) is 71.7 Å². The summed E-state index contributed by atoms with van der Waals surface area (Å²) in [6, 6.07) is 34.0. The third-order valence-electron chi connectivity index (χ3n) is 10.4. The summed E-state index contributed by atoms with van der Waals surface area (Å²) in [7, 11) is 2.32. The molecule has 0 saturated carbocycles. The molecule has 71 heavy (non-hydrogen) atoms. The van der Waals surface area contributed by atoms with Crippen LogP contribution >= 0.6 is 23.2 Å². The SMILES string of the molecule is COc1ccc(Cl)c(Nc2nc3ccccc3nc2[N-]S(=O)(=O)c2cc(N)ccc2C)c1.COc1ccc(Cl)c(Nc2nc3ccccc3nc2[N-]S(=O)(=O)c2cc(NC(N(C)C)=[N+](C)C)ccc2C)c1. The Hall–Kier alpha value is -7.65. The molecule has 18 nitrogen and oxygen atoms in total. The molecule has 8 rings (SSSR count). The number of nitrogens with one attached hydrogen (secondary N) is 3. The van der Waals surface area contributed by atoms with Gasteiger partial charge in [0.25, 0.3) is 0 Å². The van der Waals surface area contributed by atoms with Crippen LogP contribution in [0.5, 0.6) is 11.5 Å². The Kier molecular flexibility index (Phi) is 15.5. The number of nitrogens with two attached hydrogens (primary N) is 1. The van der Waals surface area contributed by atoms with Crippen molar-refractivity contribution >= 4 is 117 Å². The summed E-state index contributed by atoms with van der Waals surface area (Å²) in [5.74, 6) is 1.96. The molecule has 0 aliphatic heterocycles. The molecule has 0 amide bonds. The lowest BCUT2D eigenvalue weighted by Gasteiger charge is -2.22. The van der Waals surface area contributed by atoms with Gasteiger partial charge < -0.3 is 45.3 Å². The number of guanidine groups is 1. The molecule has 0 aliphatic rings. The Balaban J connectivity index is 0.000000213. The van der Waals surface area contributed by atoms with Crippen LogP contribution in [-0.2, 0) is 20.0 Å². The van der Waals surface area contributed by atoms with E-state index in [0.717, 1.165) is 5.96 Å². The van der Waals surface area contributed by atoms with Gasteiger partial charge in [-0.3, -0.25) is 9.48 Å². The average Bonchev–Trinajstić information content (AvgIpc) is 3.33. The third-order valence-corrected chi connectivity index (χ3v) is 13.9. The average molecular weight is 1040 g/mol. The first-order chi connectivity index (χ1) is 33.7. The van der Waals surface area contributed by atoms with Gasteiger partial charge in [0.15, 0.2) is 0 Å². The van der Waals surface area contributed by atoms with E-state index in [1.807, 2.05) is 55.9 Å². The lowest BCUT2D eigenvalue weighted by atomic mass is 10.2. The normalized spacial score (nSPS) is 11.2. The molecule has 0 aliphatic carbocycles. The first-order valence-corrected chi connectivity index (χ1v) is 25.0. The highest BCUT2D eigenvalue weighted by Gasteiger charge is 2.21. The molecule has 368 valence electrons. The molecule has 22 heteroatoms. The maximum atomic E-state index is 13.7. The monoisotopic (exact) mass is 1040 g/mol. The van der Waals surface area contributed by atoms with Crippen LogP contribution in [0.15, 0.2) is 131 Å². The maximum absolute atomic E-state index is 13.7. The summed E-state index contributed by atoms with van der Waals surface area (Å²) in [6.45, 7) is 3.39. The van der Waals surface area contributed by atoms with Crippen LogP contribution in [0.25, 0.3) is 31.5 Å². The van der Waals surface area contributed by atoms with E-state index in [1.165, 1.54) is 13.2 Å². The van der Waals surface area contributed by atoms with Crippen LogP contribution in [0.4, 0.5) is 46.0 Å². The number of hydrogen-bond donors (Lipinski definition) is 4. The van der Waals surface area contributed by atoms with E-state index in [1.54, 1.807) is 118 Å². The van der Waals surface area contributed by atoms with Gasteiger partial charge in [-0.25, -0.2) is 32.1 Å². The largest absolute Gasteiger partial charge is 0.497 e. The maximum Gasteiger partial charge on any atom is 0.352 e. The zero-order chi connectivity index (χ0) is 51.2. The molecular weight excluding hydrogens is 988 g/mol. The van der Waals surface area contributed by atoms with Gasteiger partial charge in [-0.05, 0) is 108 Å². The zero-order valence-electron chi connectivity index (χ0n) is 39.7. The predicted octanol–water partition coefficient (Wildman–Crippen LogP) is 10.7. The summed E-state index contributed by atoms with van der Waals surface area (Å²) in [4.78, 5) is 20.0. The number of benzene rings is 6. The van der Waals surface area contributed by atoms with Crippen LogP contribution < -0.4 is 31.2 Å². The molecule has 8 aromatic rings. The number of rotatable bonds is 13. The molecule has 0 radical (unpaired) electrons. The Bertz CT molecular complexity index is 3560. The Morgan fingerprint density at radius 3 is 1.45 bits per heavy atom. The van der Waals surface area contributed by atoms with Gasteiger partial charge in [0.2, 0.25) is 20.0 Å². The summed E-state index contributed by atoms with van der Waals surface area (Å²) >= 11 is 12.7. The minimum absolute atomic E-state index is 0.00202. The number of halogens is 2. The lowest BCUT2D eigenvalue weighted by molar-refractivity contribution is -0.469. The number of anilines is 6. The number of hydrogen-bond acceptors (Lipinski definition) is 13. The van der Waals surface area contributed by atoms with Crippen LogP contribution in [0.3, 0.4) is 0 Å². The molecule has 2 aromatic heterocycles. The highest BCUT2D eigenvalue weighted by Crippen LogP contribution is 2.40. The fraction of sp³-hybridized carbons (Fsp3) is 0.163. The number of sulfonamides is 2. The van der Waals surface area contributed by atoms with Crippen molar-refractivity contribution in [3.8, 4) is 11.5 Å². The molecule has 5 N–H and O–H groups in total. The Labute approximate surface area is 422 Å². The summed E-state index contributed by atoms with van der Waals surface area (Å²) < 4.78 is 74.1. The lowest BCUT2D eigenvalue weighted by Crippen LogP contribution is -2.36. The third kappa shape index (κ3) is 12.2. The molecule has 6 aromatic carbocycles. The number of para-hydroxylation sites is 4. The van der Waals surface area contributed by atoms with E-state index < -0.39 is 20.0 Å². The van der Waals surface area contributed by atoms with Crippen LogP contribution in [0.2, 0.25) is 10.0 Å². The first kappa shape index (κ1) is 51.2. The molecular formula is C49H49Cl2N12O6S2-. The van der Waals surface area contributed by atoms with Crippen molar-refractivity contribution in [1.29, 1.82) is 0 Å². The van der Waals surface area contributed by atoms with Crippen LogP contribution in [0, 0.1) is 13.8 Å². The first-order valence-electron chi connectivity index (χ1n) is 21.4. The van der Waals surface area contributed by atoms with Gasteiger partial charge in [-0.15, -0.1) is 0 Å². The van der Waals surface area contributed by atoms with Crippen molar-refractivity contribution in [2.75, 3.05) is 64.1 Å². The van der Waals surface area contributed by atoms with Gasteiger partial charge in [0.1, 0.15) is 28.8 Å². The number of fused-ring (bicyclic) bond motifs is 2. The quantitative estimate of drug-likeness (QED) is 0.0364. The van der Waals surface area contributed by atoms with E-state index in [4.69, 9.17) is 38.4 Å². The number of methoxy groups -OCH3 is 2. The molecule has 0 spiro atoms. The van der Waals surface area contributed by atoms with Crippen LogP contribution in [0.1, 0.15) is 11.1 Å². The standard InChI is InChI=1S/C27H29ClN7O3S.C22H19ClN5O3S/c1-17-11-12-18(29-27(34(2)3)35(4)5)15-24(17)39(36,37)33-26-25(30-21-9-7-8-10-22(21)31-26)32-23-16-19(38-6)13-14-20(23)28;1-13-7-8-14(24)11-20(13)32(29,30)28-22-21(25-17-5-3-4-6-18(17)26-22)27-19-12-15(31-2)9-10-16(19)23/h7-16H,1-6H3,(H-,30,31,32,33);3-12H,24H2,1-2H3,(H-,25,26,27,28)/q2*-1/p+1. The second-order valence-corrected chi connectivity index (χ2v) is 20.0. The molecule has 0 unspecified atom stereocenters. The van der Waals surface area contributed by atoms with E-state index in [2.05, 4.69) is 45.3 Å². The van der Waals surface area contributed by atoms with Crippen molar-refractivity contribution in [2.24, 2.45) is 0 Å². The minimum Gasteiger partial charge on any atom is -0.497 e. The van der Waals surface area contributed by atoms with E-state index in [-0.39, 0.29) is 33.1 Å². The Morgan fingerprint density at radius 1 is 0.606 bits per heavy atom. The van der Waals surface area contributed by atoms with Gasteiger partial charge in [0.05, 0.1) is 84.7 Å². The number of nitrogen functional groups attached to an aromatic ring is 1. The highest BCUT2D eigenvalue weighted by molar-refractivity contribution is 7.94. The smallest absolute Gasteiger partial charge is 0.352 e. The second-order valence-electron chi connectivity index (χ2n) is 16.1. The van der Waals surface area contributed by atoms with Crippen molar-refractivity contribution in [3.05, 3.63) is 152 Å². The van der Waals surface area contributed by atoms with Crippen molar-refractivity contribution < 1.29 is 30.9 Å². The molecule has 0 atom stereocenters. The molecule has 0 fully saturated rings. The fourth-order valence-electron chi connectivity index (χ4n) is 6.91. The summed E-state index contributed by atoms with van der Waals surface area (Å²) in [5, 5.41) is 10.2. The van der Waals surface area contributed by atoms with Crippen molar-refractivity contribution in [3.63, 3.8) is 0 Å². The number of ether oxygens (including phenoxy) is 2. The van der Waals surface area contributed by atoms with Crippen LogP contribution in [-0.4, -0.2) is 94.6 Å². The van der Waals surface area contributed by atoms with Crippen molar-refractivity contribution in [2.45, 2.75) is 23.6 Å². The molecule has 0 saturated heterocycles. The van der Waals surface area contributed by atoms with E-state index in [0.29, 0.717) is 77.5 Å². The predicted molar refractivity (Wildman–Crippen MR) is 283 cm³/mol. The number of nitrogens with zero attached hydrogens (tertiary/aromatic N) is 8. The topological polar surface area (TPSA) is 235 Å². The summed E-state index contributed by atoms with van der Waals surface area (Å²) in [5.41, 5.74) is 10.8. The summed E-state index contributed by atoms with van der Waals surface area (Å²) in [6.07, 6.45) is 0. The molecule has 0 bridgehead atoms. The Morgan fingerprint density at radius 2 is 1.03 bits per heavy atom. The zero-order valence-corrected chi connectivity index (χ0v) is 42.9. The minimum atomic E-state index is -4.20. The number of aromatic nitrogens is 4. The van der Waals surface area contributed by atoms with Gasteiger partial charge >= 0.3 is 5.96 Å². The van der Waals surface area contributed by atoms with Gasteiger partial charge in [-0.2, -0.15) is 0 Å². The van der Waals surface area contributed by atoms with E-state index in [9.17, 15) is 16.8 Å². The highest BCUT2D eigenvalue weighted by atomic mass is 35.5. The van der Waals surface area contributed by atoms with Gasteiger partial charge in [0, 0.05) is 17.8 Å².